The molecule has 0 spiro atoms. The Morgan fingerprint density at radius 1 is 1.17 bits per heavy atom. The Morgan fingerprint density at radius 2 is 2.00 bits per heavy atom. The standard InChI is InChI=1S/C15H25N3/c1-2-7-15(6-1)18-10-8-14(17-18)11-13-5-3-4-9-16-12-13/h8,10,13,15-16H,1-7,9,11-12H2. The van der Waals surface area contributed by atoms with Gasteiger partial charge in [0.2, 0.25) is 0 Å². The van der Waals surface area contributed by atoms with Crippen LogP contribution in [0.4, 0.5) is 0 Å². The third-order valence-corrected chi connectivity index (χ3v) is 4.51. The fourth-order valence-electron chi connectivity index (χ4n) is 3.42. The Bertz CT molecular complexity index is 358. The van der Waals surface area contributed by atoms with Crippen molar-refractivity contribution in [1.82, 2.24) is 15.1 Å². The Balaban J connectivity index is 1.58. The topological polar surface area (TPSA) is 29.9 Å². The molecule has 1 aliphatic heterocycles. The van der Waals surface area contributed by atoms with E-state index in [0.29, 0.717) is 6.04 Å². The Kier molecular flexibility index (Phi) is 3.99. The van der Waals surface area contributed by atoms with Crippen LogP contribution in [0.15, 0.2) is 12.3 Å². The first kappa shape index (κ1) is 12.2. The van der Waals surface area contributed by atoms with Gasteiger partial charge in [0.15, 0.2) is 0 Å². The van der Waals surface area contributed by atoms with Gasteiger partial charge in [-0.05, 0) is 57.2 Å². The predicted octanol–water partition coefficient (Wildman–Crippen LogP) is 2.93. The summed E-state index contributed by atoms with van der Waals surface area (Å²) < 4.78 is 2.23. The second kappa shape index (κ2) is 5.87. The minimum atomic E-state index is 0.686. The molecule has 1 aromatic heterocycles. The van der Waals surface area contributed by atoms with E-state index >= 15 is 0 Å². The van der Waals surface area contributed by atoms with Crippen molar-refractivity contribution in [2.75, 3.05) is 13.1 Å². The van der Waals surface area contributed by atoms with E-state index in [1.54, 1.807) is 0 Å². The highest BCUT2D eigenvalue weighted by Gasteiger charge is 2.19. The molecule has 0 aromatic carbocycles. The fraction of sp³-hybridized carbons (Fsp3) is 0.800. The molecule has 1 N–H and O–H groups in total. The van der Waals surface area contributed by atoms with Gasteiger partial charge in [0, 0.05) is 6.20 Å². The molecular formula is C15H25N3. The lowest BCUT2D eigenvalue weighted by Gasteiger charge is -2.13. The summed E-state index contributed by atoms with van der Waals surface area (Å²) in [6, 6.07) is 2.93. The lowest BCUT2D eigenvalue weighted by Crippen LogP contribution is -2.22. The second-order valence-electron chi connectivity index (χ2n) is 6.00. The Morgan fingerprint density at radius 3 is 2.89 bits per heavy atom. The number of nitrogens with zero attached hydrogens (tertiary/aromatic N) is 2. The number of nitrogens with one attached hydrogen (secondary N) is 1. The smallest absolute Gasteiger partial charge is 0.0627 e. The normalized spacial score (nSPS) is 26.3. The molecule has 3 nitrogen and oxygen atoms in total. The van der Waals surface area contributed by atoms with Gasteiger partial charge < -0.3 is 5.32 Å². The first-order valence-corrected chi connectivity index (χ1v) is 7.66. The molecule has 100 valence electrons. The van der Waals surface area contributed by atoms with Crippen molar-refractivity contribution >= 4 is 0 Å². The molecule has 18 heavy (non-hydrogen) atoms. The van der Waals surface area contributed by atoms with Gasteiger partial charge >= 0.3 is 0 Å². The maximum Gasteiger partial charge on any atom is 0.0627 e. The second-order valence-corrected chi connectivity index (χ2v) is 6.00. The molecule has 0 radical (unpaired) electrons. The summed E-state index contributed by atoms with van der Waals surface area (Å²) in [5.74, 6) is 0.791. The maximum atomic E-state index is 4.81. The van der Waals surface area contributed by atoms with Crippen LogP contribution in [0.2, 0.25) is 0 Å². The molecule has 1 aliphatic carbocycles. The van der Waals surface area contributed by atoms with Gasteiger partial charge in [-0.25, -0.2) is 0 Å². The summed E-state index contributed by atoms with van der Waals surface area (Å²) in [6.45, 7) is 2.38. The molecule has 0 amide bonds. The van der Waals surface area contributed by atoms with E-state index in [4.69, 9.17) is 5.10 Å². The lowest BCUT2D eigenvalue weighted by atomic mass is 9.98. The molecule has 1 aromatic rings. The SMILES string of the molecule is c1cn(C2CCCC2)nc1CC1CCCCNC1. The highest BCUT2D eigenvalue weighted by molar-refractivity contribution is 5.02. The van der Waals surface area contributed by atoms with Gasteiger partial charge in [-0.2, -0.15) is 5.10 Å². The molecule has 3 rings (SSSR count). The maximum absolute atomic E-state index is 4.81. The molecule has 0 bridgehead atoms. The fourth-order valence-corrected chi connectivity index (χ4v) is 3.42. The number of rotatable bonds is 3. The predicted molar refractivity (Wildman–Crippen MR) is 73.6 cm³/mol. The third kappa shape index (κ3) is 2.94. The summed E-state index contributed by atoms with van der Waals surface area (Å²) in [5, 5.41) is 8.35. The van der Waals surface area contributed by atoms with Crippen molar-refractivity contribution < 1.29 is 0 Å². The summed E-state index contributed by atoms with van der Waals surface area (Å²) in [4.78, 5) is 0. The number of hydrogen-bond donors (Lipinski definition) is 1. The largest absolute Gasteiger partial charge is 0.316 e. The average Bonchev–Trinajstić information content (AvgIpc) is 2.98. The van der Waals surface area contributed by atoms with Crippen molar-refractivity contribution in [3.8, 4) is 0 Å². The number of aromatic nitrogens is 2. The van der Waals surface area contributed by atoms with E-state index < -0.39 is 0 Å². The Labute approximate surface area is 110 Å². The van der Waals surface area contributed by atoms with Crippen LogP contribution in [0.25, 0.3) is 0 Å². The van der Waals surface area contributed by atoms with Gasteiger partial charge in [0.1, 0.15) is 0 Å². The zero-order valence-electron chi connectivity index (χ0n) is 11.3. The van der Waals surface area contributed by atoms with E-state index in [0.717, 1.165) is 12.3 Å². The van der Waals surface area contributed by atoms with Gasteiger partial charge in [0.05, 0.1) is 11.7 Å². The zero-order chi connectivity index (χ0) is 12.2. The highest BCUT2D eigenvalue weighted by atomic mass is 15.3. The third-order valence-electron chi connectivity index (χ3n) is 4.51. The van der Waals surface area contributed by atoms with Crippen molar-refractivity contribution in [2.45, 2.75) is 57.4 Å². The first-order valence-electron chi connectivity index (χ1n) is 7.66. The summed E-state index contributed by atoms with van der Waals surface area (Å²) >= 11 is 0. The molecule has 3 heteroatoms. The molecule has 1 saturated heterocycles. The first-order chi connectivity index (χ1) is 8.92. The molecule has 1 saturated carbocycles. The van der Waals surface area contributed by atoms with Crippen LogP contribution in [0.5, 0.6) is 0 Å². The van der Waals surface area contributed by atoms with Gasteiger partial charge in [-0.15, -0.1) is 0 Å². The van der Waals surface area contributed by atoms with Crippen LogP contribution in [-0.2, 0) is 6.42 Å². The van der Waals surface area contributed by atoms with E-state index in [1.807, 2.05) is 0 Å². The summed E-state index contributed by atoms with van der Waals surface area (Å²) in [5.41, 5.74) is 1.30. The van der Waals surface area contributed by atoms with Crippen LogP contribution >= 0.6 is 0 Å². The van der Waals surface area contributed by atoms with E-state index in [1.165, 1.54) is 63.7 Å². The van der Waals surface area contributed by atoms with Crippen molar-refractivity contribution in [3.63, 3.8) is 0 Å². The number of hydrogen-bond acceptors (Lipinski definition) is 2. The van der Waals surface area contributed by atoms with Crippen LogP contribution in [0, 0.1) is 5.92 Å². The molecule has 2 heterocycles. The molecule has 1 atom stereocenters. The average molecular weight is 247 g/mol. The lowest BCUT2D eigenvalue weighted by molar-refractivity contribution is 0.443. The van der Waals surface area contributed by atoms with Crippen molar-refractivity contribution in [3.05, 3.63) is 18.0 Å². The van der Waals surface area contributed by atoms with Gasteiger partial charge in [-0.3, -0.25) is 4.68 Å². The van der Waals surface area contributed by atoms with Crippen molar-refractivity contribution in [1.29, 1.82) is 0 Å². The van der Waals surface area contributed by atoms with Gasteiger partial charge in [0.25, 0.3) is 0 Å². The van der Waals surface area contributed by atoms with Crippen LogP contribution < -0.4 is 5.32 Å². The van der Waals surface area contributed by atoms with Crippen LogP contribution in [-0.4, -0.2) is 22.9 Å². The van der Waals surface area contributed by atoms with Crippen LogP contribution in [0.1, 0.15) is 56.7 Å². The van der Waals surface area contributed by atoms with E-state index in [-0.39, 0.29) is 0 Å². The Hall–Kier alpha value is -0.830. The van der Waals surface area contributed by atoms with Crippen LogP contribution in [0.3, 0.4) is 0 Å². The minimum Gasteiger partial charge on any atom is -0.316 e. The molecule has 2 fully saturated rings. The van der Waals surface area contributed by atoms with E-state index in [9.17, 15) is 0 Å². The van der Waals surface area contributed by atoms with E-state index in [2.05, 4.69) is 22.3 Å². The highest BCUT2D eigenvalue weighted by Crippen LogP contribution is 2.29. The molecule has 2 aliphatic rings. The summed E-state index contributed by atoms with van der Waals surface area (Å²) in [6.07, 6.45) is 12.9. The van der Waals surface area contributed by atoms with Crippen molar-refractivity contribution in [2.24, 2.45) is 5.92 Å². The zero-order valence-corrected chi connectivity index (χ0v) is 11.3. The van der Waals surface area contributed by atoms with Gasteiger partial charge in [-0.1, -0.05) is 19.3 Å². The quantitative estimate of drug-likeness (QED) is 0.890. The monoisotopic (exact) mass is 247 g/mol. The minimum absolute atomic E-state index is 0.686. The molecule has 1 unspecified atom stereocenters. The molecular weight excluding hydrogens is 222 g/mol. The summed E-state index contributed by atoms with van der Waals surface area (Å²) in [7, 11) is 0.